The molecule has 1 aliphatic rings. The fourth-order valence-corrected chi connectivity index (χ4v) is 1.92. The van der Waals surface area contributed by atoms with E-state index in [9.17, 15) is 0 Å². The molecule has 1 fully saturated rings. The van der Waals surface area contributed by atoms with Crippen molar-refractivity contribution in [3.63, 3.8) is 0 Å². The van der Waals surface area contributed by atoms with E-state index in [0.29, 0.717) is 5.69 Å². The zero-order chi connectivity index (χ0) is 12.3. The van der Waals surface area contributed by atoms with Crippen molar-refractivity contribution in [2.75, 3.05) is 24.6 Å². The molecule has 1 saturated heterocycles. The Kier molecular flexibility index (Phi) is 3.86. The first-order chi connectivity index (χ1) is 8.16. The molecule has 2 heterocycles. The molecule has 1 aromatic rings. The average Bonchev–Trinajstić information content (AvgIpc) is 2.54. The second-order valence-corrected chi connectivity index (χ2v) is 4.54. The average molecular weight is 252 g/mol. The Labute approximate surface area is 106 Å². The molecule has 1 aromatic heterocycles. The molecule has 1 aliphatic heterocycles. The number of aromatic nitrogens is 2. The lowest BCUT2D eigenvalue weighted by molar-refractivity contribution is 0.0820. The Bertz CT molecular complexity index is 395. The second kappa shape index (κ2) is 5.37. The molecule has 0 amide bonds. The molecule has 1 atom stereocenters. The van der Waals surface area contributed by atoms with Crippen LogP contribution in [-0.4, -0.2) is 40.8 Å². The third kappa shape index (κ3) is 3.10. The van der Waals surface area contributed by atoms with Crippen LogP contribution in [0.25, 0.3) is 0 Å². The highest BCUT2D eigenvalue weighted by Crippen LogP contribution is 2.14. The molecule has 0 aromatic carbocycles. The third-order valence-corrected chi connectivity index (χ3v) is 2.88. The minimum atomic E-state index is 0.217. The first-order valence-electron chi connectivity index (χ1n) is 5.65. The lowest BCUT2D eigenvalue weighted by Gasteiger charge is -2.22. The van der Waals surface area contributed by atoms with Crippen LogP contribution in [0.15, 0.2) is 12.4 Å². The van der Waals surface area contributed by atoms with Crippen LogP contribution in [0.5, 0.6) is 0 Å². The fraction of sp³-hybridized carbons (Fsp3) is 0.545. The van der Waals surface area contributed by atoms with E-state index in [-0.39, 0.29) is 11.1 Å². The van der Waals surface area contributed by atoms with Gasteiger partial charge >= 0.3 is 0 Å². The standard InChI is InChI=1S/C11H16N4OS/c1-8-7-15(3-2-4-16-8)10-6-13-9(5-14-10)11(12)17/h5-6,8H,2-4,7H2,1H3,(H2,12,17). The second-order valence-electron chi connectivity index (χ2n) is 4.11. The lowest BCUT2D eigenvalue weighted by Crippen LogP contribution is -2.31. The summed E-state index contributed by atoms with van der Waals surface area (Å²) in [5.41, 5.74) is 6.04. The summed E-state index contributed by atoms with van der Waals surface area (Å²) < 4.78 is 5.59. The zero-order valence-electron chi connectivity index (χ0n) is 9.80. The van der Waals surface area contributed by atoms with Crippen LogP contribution >= 0.6 is 12.2 Å². The SMILES string of the molecule is CC1CN(c2cnc(C(N)=S)cn2)CCCO1. The van der Waals surface area contributed by atoms with Crippen LogP contribution in [0.4, 0.5) is 5.82 Å². The van der Waals surface area contributed by atoms with Gasteiger partial charge in [0.1, 0.15) is 16.5 Å². The molecular formula is C11H16N4OS. The fourth-order valence-electron chi connectivity index (χ4n) is 1.81. The molecule has 17 heavy (non-hydrogen) atoms. The van der Waals surface area contributed by atoms with Gasteiger partial charge in [0.05, 0.1) is 18.5 Å². The number of nitrogens with zero attached hydrogens (tertiary/aromatic N) is 3. The van der Waals surface area contributed by atoms with Crippen molar-refractivity contribution in [1.82, 2.24) is 9.97 Å². The Morgan fingerprint density at radius 1 is 1.53 bits per heavy atom. The molecule has 2 rings (SSSR count). The van der Waals surface area contributed by atoms with E-state index in [0.717, 1.165) is 31.9 Å². The number of ether oxygens (including phenoxy) is 1. The smallest absolute Gasteiger partial charge is 0.147 e. The van der Waals surface area contributed by atoms with Crippen LogP contribution in [0.3, 0.4) is 0 Å². The summed E-state index contributed by atoms with van der Waals surface area (Å²) in [5.74, 6) is 0.849. The largest absolute Gasteiger partial charge is 0.388 e. The van der Waals surface area contributed by atoms with E-state index in [2.05, 4.69) is 21.8 Å². The van der Waals surface area contributed by atoms with Gasteiger partial charge in [-0.3, -0.25) is 0 Å². The van der Waals surface area contributed by atoms with Crippen LogP contribution in [0.1, 0.15) is 19.0 Å². The van der Waals surface area contributed by atoms with Crippen molar-refractivity contribution in [2.45, 2.75) is 19.4 Å². The predicted octanol–water partition coefficient (Wildman–Crippen LogP) is 0.726. The summed E-state index contributed by atoms with van der Waals surface area (Å²) in [6, 6.07) is 0. The van der Waals surface area contributed by atoms with E-state index in [1.807, 2.05) is 0 Å². The van der Waals surface area contributed by atoms with Gasteiger partial charge in [-0.05, 0) is 13.3 Å². The molecule has 0 aliphatic carbocycles. The van der Waals surface area contributed by atoms with Gasteiger partial charge < -0.3 is 15.4 Å². The minimum absolute atomic E-state index is 0.217. The topological polar surface area (TPSA) is 64.3 Å². The van der Waals surface area contributed by atoms with Gasteiger partial charge in [0, 0.05) is 19.7 Å². The van der Waals surface area contributed by atoms with E-state index < -0.39 is 0 Å². The quantitative estimate of drug-likeness (QED) is 0.783. The molecule has 0 spiro atoms. The molecular weight excluding hydrogens is 236 g/mol. The van der Waals surface area contributed by atoms with Crippen molar-refractivity contribution < 1.29 is 4.74 Å². The zero-order valence-corrected chi connectivity index (χ0v) is 10.6. The molecule has 6 heteroatoms. The lowest BCUT2D eigenvalue weighted by atomic mass is 10.3. The molecule has 5 nitrogen and oxygen atoms in total. The summed E-state index contributed by atoms with van der Waals surface area (Å²) in [4.78, 5) is 11.0. The molecule has 0 radical (unpaired) electrons. The van der Waals surface area contributed by atoms with Crippen LogP contribution in [0.2, 0.25) is 0 Å². The number of thiocarbonyl (C=S) groups is 1. The molecule has 0 saturated carbocycles. The number of hydrogen-bond donors (Lipinski definition) is 1. The molecule has 92 valence electrons. The third-order valence-electron chi connectivity index (χ3n) is 2.67. The van der Waals surface area contributed by atoms with E-state index >= 15 is 0 Å². The van der Waals surface area contributed by atoms with E-state index in [1.165, 1.54) is 0 Å². The van der Waals surface area contributed by atoms with Crippen molar-refractivity contribution in [3.8, 4) is 0 Å². The Balaban J connectivity index is 2.12. The number of nitrogens with two attached hydrogens (primary N) is 1. The van der Waals surface area contributed by atoms with Gasteiger partial charge in [0.2, 0.25) is 0 Å². The number of anilines is 1. The van der Waals surface area contributed by atoms with Crippen LogP contribution < -0.4 is 10.6 Å². The Morgan fingerprint density at radius 2 is 2.35 bits per heavy atom. The summed E-state index contributed by atoms with van der Waals surface area (Å²) in [5, 5.41) is 0. The molecule has 2 N–H and O–H groups in total. The van der Waals surface area contributed by atoms with Crippen LogP contribution in [-0.2, 0) is 4.74 Å². The van der Waals surface area contributed by atoms with Gasteiger partial charge in [-0.2, -0.15) is 0 Å². The van der Waals surface area contributed by atoms with Gasteiger partial charge in [-0.15, -0.1) is 0 Å². The van der Waals surface area contributed by atoms with E-state index in [1.54, 1.807) is 12.4 Å². The highest BCUT2D eigenvalue weighted by molar-refractivity contribution is 7.80. The highest BCUT2D eigenvalue weighted by Gasteiger charge is 2.16. The summed E-state index contributed by atoms with van der Waals surface area (Å²) in [6.07, 6.45) is 4.55. The van der Waals surface area contributed by atoms with Gasteiger partial charge in [-0.25, -0.2) is 9.97 Å². The predicted molar refractivity (Wildman–Crippen MR) is 70.2 cm³/mol. The highest BCUT2D eigenvalue weighted by atomic mass is 32.1. The maximum atomic E-state index is 5.59. The van der Waals surface area contributed by atoms with Gasteiger partial charge in [0.15, 0.2) is 0 Å². The van der Waals surface area contributed by atoms with Gasteiger partial charge in [-0.1, -0.05) is 12.2 Å². The van der Waals surface area contributed by atoms with E-state index in [4.69, 9.17) is 22.7 Å². The first-order valence-corrected chi connectivity index (χ1v) is 6.06. The van der Waals surface area contributed by atoms with Crippen LogP contribution in [0, 0.1) is 0 Å². The Morgan fingerprint density at radius 3 is 3.00 bits per heavy atom. The first kappa shape index (κ1) is 12.2. The summed E-state index contributed by atoms with van der Waals surface area (Å²) in [7, 11) is 0. The number of hydrogen-bond acceptors (Lipinski definition) is 5. The molecule has 1 unspecified atom stereocenters. The maximum absolute atomic E-state index is 5.59. The monoisotopic (exact) mass is 252 g/mol. The van der Waals surface area contributed by atoms with Gasteiger partial charge in [0.25, 0.3) is 0 Å². The van der Waals surface area contributed by atoms with Crippen molar-refractivity contribution in [1.29, 1.82) is 0 Å². The summed E-state index contributed by atoms with van der Waals surface area (Å²) >= 11 is 4.84. The molecule has 0 bridgehead atoms. The summed E-state index contributed by atoms with van der Waals surface area (Å²) in [6.45, 7) is 4.64. The van der Waals surface area contributed by atoms with Crippen molar-refractivity contribution in [2.24, 2.45) is 5.73 Å². The number of rotatable bonds is 2. The minimum Gasteiger partial charge on any atom is -0.388 e. The maximum Gasteiger partial charge on any atom is 0.147 e. The normalized spacial score (nSPS) is 21.0. The van der Waals surface area contributed by atoms with Crippen molar-refractivity contribution >= 4 is 23.0 Å². The Hall–Kier alpha value is -1.27. The van der Waals surface area contributed by atoms with Crippen molar-refractivity contribution in [3.05, 3.63) is 18.1 Å².